The van der Waals surface area contributed by atoms with Crippen LogP contribution in [0.25, 0.3) is 34.2 Å². The third-order valence-electron chi connectivity index (χ3n) is 9.97. The highest BCUT2D eigenvalue weighted by atomic mass is 15.0. The summed E-state index contributed by atoms with van der Waals surface area (Å²) in [6, 6.07) is 29.0. The number of benzene rings is 3. The van der Waals surface area contributed by atoms with Crippen LogP contribution in [0.2, 0.25) is 0 Å². The molecule has 4 heteroatoms. The molecule has 0 aliphatic heterocycles. The molecule has 3 unspecified atom stereocenters. The van der Waals surface area contributed by atoms with Gasteiger partial charge in [-0.15, -0.1) is 0 Å². The average Bonchev–Trinajstić information content (AvgIpc) is 3.43. The Balaban J connectivity index is 1.29. The van der Waals surface area contributed by atoms with Crippen molar-refractivity contribution in [3.05, 3.63) is 90.0 Å². The number of rotatable bonds is 4. The molecule has 2 bridgehead atoms. The minimum Gasteiger partial charge on any atom is -0.208 e. The molecule has 4 aliphatic carbocycles. The van der Waals surface area contributed by atoms with Crippen LogP contribution in [0, 0.1) is 34.5 Å². The maximum Gasteiger partial charge on any atom is 0.164 e. The van der Waals surface area contributed by atoms with Crippen LogP contribution in [0.3, 0.4) is 0 Å². The zero-order chi connectivity index (χ0) is 23.9. The van der Waals surface area contributed by atoms with Crippen LogP contribution in [-0.4, -0.2) is 15.0 Å². The molecular formula is C32H26N4. The van der Waals surface area contributed by atoms with E-state index in [2.05, 4.69) is 18.2 Å². The van der Waals surface area contributed by atoms with Gasteiger partial charge in [0.25, 0.3) is 0 Å². The van der Waals surface area contributed by atoms with Crippen molar-refractivity contribution < 1.29 is 0 Å². The summed E-state index contributed by atoms with van der Waals surface area (Å²) in [5.74, 6) is 4.71. The molecule has 174 valence electrons. The Morgan fingerprint density at radius 3 is 1.72 bits per heavy atom. The molecule has 0 saturated heterocycles. The van der Waals surface area contributed by atoms with E-state index in [1.165, 1.54) is 37.7 Å². The normalized spacial score (nSPS) is 30.7. The summed E-state index contributed by atoms with van der Waals surface area (Å²) in [4.78, 5) is 14.7. The van der Waals surface area contributed by atoms with E-state index in [0.717, 1.165) is 34.4 Å². The van der Waals surface area contributed by atoms with Crippen molar-refractivity contribution >= 4 is 0 Å². The predicted molar refractivity (Wildman–Crippen MR) is 139 cm³/mol. The van der Waals surface area contributed by atoms with Crippen molar-refractivity contribution in [1.29, 1.82) is 5.26 Å². The first-order chi connectivity index (χ1) is 17.7. The fourth-order valence-corrected chi connectivity index (χ4v) is 8.48. The molecule has 4 aromatic rings. The minimum absolute atomic E-state index is 0.222. The molecule has 4 fully saturated rings. The first-order valence-electron chi connectivity index (χ1n) is 13.1. The van der Waals surface area contributed by atoms with Crippen molar-refractivity contribution in [2.45, 2.75) is 37.5 Å². The van der Waals surface area contributed by atoms with Crippen LogP contribution in [0.5, 0.6) is 0 Å². The standard InChI is InChI=1S/C32H26N4/c33-18-20-11-23(13-24(12-20)31-16-26-14-25-15-27(17-31)32(25,26)19-31)30-35-28(21-7-3-1-4-8-21)34-29(36-30)22-9-5-2-6-10-22/h1-13,25-27H,14-17,19H2/t25?,26-,27+,31?,32?. The molecule has 36 heavy (non-hydrogen) atoms. The van der Waals surface area contributed by atoms with Crippen LogP contribution in [0.4, 0.5) is 0 Å². The molecule has 4 saturated carbocycles. The van der Waals surface area contributed by atoms with Gasteiger partial charge in [0, 0.05) is 16.7 Å². The average molecular weight is 467 g/mol. The second-order valence-corrected chi connectivity index (χ2v) is 11.5. The molecule has 1 spiro atoms. The van der Waals surface area contributed by atoms with Gasteiger partial charge in [-0.3, -0.25) is 0 Å². The van der Waals surface area contributed by atoms with E-state index in [9.17, 15) is 5.26 Å². The van der Waals surface area contributed by atoms with Gasteiger partial charge >= 0.3 is 0 Å². The highest BCUT2D eigenvalue weighted by Crippen LogP contribution is 2.84. The van der Waals surface area contributed by atoms with Crippen LogP contribution >= 0.6 is 0 Å². The SMILES string of the molecule is N#Cc1cc(-c2nc(-c3ccccc3)nc(-c3ccccc3)n2)cc(C23C[C@H]4CC5C[C@@H](C2)C54C3)c1. The van der Waals surface area contributed by atoms with Gasteiger partial charge in [-0.25, -0.2) is 15.0 Å². The van der Waals surface area contributed by atoms with Crippen LogP contribution in [0.1, 0.15) is 43.2 Å². The van der Waals surface area contributed by atoms with E-state index < -0.39 is 0 Å². The molecule has 0 N–H and O–H groups in total. The van der Waals surface area contributed by atoms with Crippen molar-refractivity contribution in [3.63, 3.8) is 0 Å². The van der Waals surface area contributed by atoms with E-state index in [1.54, 1.807) is 0 Å². The number of nitrogens with zero attached hydrogens (tertiary/aromatic N) is 4. The Morgan fingerprint density at radius 2 is 1.22 bits per heavy atom. The number of aromatic nitrogens is 3. The van der Waals surface area contributed by atoms with Gasteiger partial charge < -0.3 is 0 Å². The number of nitriles is 1. The maximum absolute atomic E-state index is 9.98. The fraction of sp³-hybridized carbons (Fsp3) is 0.312. The smallest absolute Gasteiger partial charge is 0.164 e. The lowest BCUT2D eigenvalue weighted by molar-refractivity contribution is -0.175. The zero-order valence-corrected chi connectivity index (χ0v) is 20.1. The van der Waals surface area contributed by atoms with E-state index in [1.807, 2.05) is 66.7 Å². The number of hydrogen-bond donors (Lipinski definition) is 0. The first-order valence-corrected chi connectivity index (χ1v) is 13.1. The zero-order valence-electron chi connectivity index (χ0n) is 20.1. The molecule has 4 aliphatic rings. The minimum atomic E-state index is 0.222. The van der Waals surface area contributed by atoms with E-state index >= 15 is 0 Å². The fourth-order valence-electron chi connectivity index (χ4n) is 8.48. The lowest BCUT2D eigenvalue weighted by Gasteiger charge is -2.66. The Hall–Kier alpha value is -3.84. The van der Waals surface area contributed by atoms with Gasteiger partial charge in [0.15, 0.2) is 17.5 Å². The first kappa shape index (κ1) is 20.4. The highest BCUT2D eigenvalue weighted by molar-refractivity contribution is 5.68. The lowest BCUT2D eigenvalue weighted by atomic mass is 9.38. The summed E-state index contributed by atoms with van der Waals surface area (Å²) in [7, 11) is 0. The number of fused-ring (bicyclic) bond motifs is 1. The highest BCUT2D eigenvalue weighted by Gasteiger charge is 2.77. The van der Waals surface area contributed by atoms with Crippen molar-refractivity contribution in [1.82, 2.24) is 15.0 Å². The Bertz CT molecular complexity index is 1480. The third-order valence-corrected chi connectivity index (χ3v) is 9.97. The Labute approximate surface area is 211 Å². The van der Waals surface area contributed by atoms with Gasteiger partial charge in [0.05, 0.1) is 11.6 Å². The monoisotopic (exact) mass is 466 g/mol. The van der Waals surface area contributed by atoms with E-state index in [-0.39, 0.29) is 5.41 Å². The molecule has 8 rings (SSSR count). The van der Waals surface area contributed by atoms with Crippen molar-refractivity contribution in [2.75, 3.05) is 0 Å². The third kappa shape index (κ3) is 2.66. The van der Waals surface area contributed by atoms with Crippen molar-refractivity contribution in [2.24, 2.45) is 23.2 Å². The summed E-state index contributed by atoms with van der Waals surface area (Å²) in [5.41, 5.74) is 5.72. The summed E-state index contributed by atoms with van der Waals surface area (Å²) < 4.78 is 0. The predicted octanol–water partition coefficient (Wildman–Crippen LogP) is 6.82. The van der Waals surface area contributed by atoms with Gasteiger partial charge in [-0.1, -0.05) is 60.7 Å². The molecule has 5 atom stereocenters. The molecule has 1 heterocycles. The molecular weight excluding hydrogens is 440 g/mol. The van der Waals surface area contributed by atoms with E-state index in [0.29, 0.717) is 28.5 Å². The second-order valence-electron chi connectivity index (χ2n) is 11.5. The van der Waals surface area contributed by atoms with Crippen LogP contribution in [-0.2, 0) is 5.41 Å². The molecule has 1 aromatic heterocycles. The van der Waals surface area contributed by atoms with E-state index in [4.69, 9.17) is 15.0 Å². The molecule has 0 amide bonds. The summed E-state index contributed by atoms with van der Waals surface area (Å²) in [6.45, 7) is 0. The largest absolute Gasteiger partial charge is 0.208 e. The van der Waals surface area contributed by atoms with Crippen LogP contribution in [0.15, 0.2) is 78.9 Å². The molecule has 0 radical (unpaired) electrons. The van der Waals surface area contributed by atoms with Crippen LogP contribution < -0.4 is 0 Å². The van der Waals surface area contributed by atoms with Crippen molar-refractivity contribution in [3.8, 4) is 40.2 Å². The van der Waals surface area contributed by atoms with Gasteiger partial charge in [-0.05, 0) is 84.5 Å². The van der Waals surface area contributed by atoms with Gasteiger partial charge in [-0.2, -0.15) is 5.26 Å². The maximum atomic E-state index is 9.98. The Morgan fingerprint density at radius 1 is 0.667 bits per heavy atom. The second kappa shape index (κ2) is 7.11. The summed E-state index contributed by atoms with van der Waals surface area (Å²) in [6.07, 6.45) is 6.75. The van der Waals surface area contributed by atoms with Gasteiger partial charge in [0.2, 0.25) is 0 Å². The molecule has 3 aromatic carbocycles. The quantitative estimate of drug-likeness (QED) is 0.331. The molecule has 4 nitrogen and oxygen atoms in total. The lowest BCUT2D eigenvalue weighted by Crippen LogP contribution is -2.59. The Kier molecular flexibility index (Phi) is 4.02. The summed E-state index contributed by atoms with van der Waals surface area (Å²) in [5, 5.41) is 9.98. The topological polar surface area (TPSA) is 62.5 Å². The van der Waals surface area contributed by atoms with Gasteiger partial charge in [0.1, 0.15) is 0 Å². The number of hydrogen-bond acceptors (Lipinski definition) is 4. The summed E-state index contributed by atoms with van der Waals surface area (Å²) >= 11 is 0.